The molecule has 142 valence electrons. The van der Waals surface area contributed by atoms with E-state index in [-0.39, 0.29) is 11.8 Å². The first-order valence-electron chi connectivity index (χ1n) is 8.44. The van der Waals surface area contributed by atoms with Crippen molar-refractivity contribution in [3.63, 3.8) is 0 Å². The topological polar surface area (TPSA) is 79.8 Å². The van der Waals surface area contributed by atoms with Gasteiger partial charge in [0, 0.05) is 10.6 Å². The van der Waals surface area contributed by atoms with Gasteiger partial charge in [0.05, 0.1) is 13.3 Å². The van der Waals surface area contributed by atoms with Gasteiger partial charge in [-0.05, 0) is 60.0 Å². The van der Waals surface area contributed by atoms with E-state index in [1.165, 1.54) is 6.21 Å². The first-order chi connectivity index (χ1) is 12.9. The molecular formula is C20H22ClN3O3. The van der Waals surface area contributed by atoms with Crippen LogP contribution in [0, 0.1) is 5.92 Å². The van der Waals surface area contributed by atoms with Crippen LogP contribution >= 0.6 is 11.6 Å². The minimum Gasteiger partial charge on any atom is -0.497 e. The molecule has 0 fully saturated rings. The minimum absolute atomic E-state index is 0.113. The lowest BCUT2D eigenvalue weighted by Gasteiger charge is -2.20. The van der Waals surface area contributed by atoms with E-state index in [1.807, 2.05) is 26.0 Å². The number of ether oxygens (including phenoxy) is 1. The van der Waals surface area contributed by atoms with Crippen LogP contribution in [0.3, 0.4) is 0 Å². The number of carbonyl (C=O) groups is 2. The van der Waals surface area contributed by atoms with E-state index >= 15 is 0 Å². The van der Waals surface area contributed by atoms with Crippen molar-refractivity contribution in [3.8, 4) is 5.75 Å². The Morgan fingerprint density at radius 2 is 1.70 bits per heavy atom. The van der Waals surface area contributed by atoms with Crippen LogP contribution in [0.15, 0.2) is 53.6 Å². The molecule has 2 rings (SSSR count). The molecule has 0 spiro atoms. The maximum absolute atomic E-state index is 12.4. The summed E-state index contributed by atoms with van der Waals surface area (Å²) in [6, 6.07) is 13.0. The number of halogens is 1. The number of amides is 2. The summed E-state index contributed by atoms with van der Waals surface area (Å²) >= 11 is 5.83. The molecule has 0 bridgehead atoms. The third kappa shape index (κ3) is 6.11. The highest BCUT2D eigenvalue weighted by Crippen LogP contribution is 2.11. The zero-order chi connectivity index (χ0) is 19.8. The molecule has 0 saturated carbocycles. The fourth-order valence-electron chi connectivity index (χ4n) is 2.29. The summed E-state index contributed by atoms with van der Waals surface area (Å²) in [5, 5.41) is 7.23. The number of hydrogen-bond acceptors (Lipinski definition) is 4. The quantitative estimate of drug-likeness (QED) is 0.565. The fraction of sp³-hybridized carbons (Fsp3) is 0.250. The number of hydrazone groups is 1. The lowest BCUT2D eigenvalue weighted by atomic mass is 10.0. The van der Waals surface area contributed by atoms with Crippen molar-refractivity contribution in [2.75, 3.05) is 7.11 Å². The van der Waals surface area contributed by atoms with Gasteiger partial charge in [-0.1, -0.05) is 25.4 Å². The predicted octanol–water partition coefficient (Wildman–Crippen LogP) is 3.25. The number of nitrogens with one attached hydrogen (secondary N) is 2. The predicted molar refractivity (Wildman–Crippen MR) is 106 cm³/mol. The summed E-state index contributed by atoms with van der Waals surface area (Å²) in [5.41, 5.74) is 3.71. The number of nitrogens with zero attached hydrogens (tertiary/aromatic N) is 1. The maximum atomic E-state index is 12.4. The van der Waals surface area contributed by atoms with E-state index in [0.717, 1.165) is 11.3 Å². The molecule has 0 aromatic heterocycles. The van der Waals surface area contributed by atoms with Crippen LogP contribution in [-0.4, -0.2) is 31.2 Å². The van der Waals surface area contributed by atoms with Crippen LogP contribution in [0.5, 0.6) is 5.75 Å². The van der Waals surface area contributed by atoms with Gasteiger partial charge in [0.15, 0.2) is 0 Å². The van der Waals surface area contributed by atoms with Crippen molar-refractivity contribution in [2.45, 2.75) is 19.9 Å². The van der Waals surface area contributed by atoms with Crippen molar-refractivity contribution in [1.82, 2.24) is 10.7 Å². The molecule has 1 atom stereocenters. The molecule has 2 amide bonds. The van der Waals surface area contributed by atoms with Gasteiger partial charge in [0.25, 0.3) is 11.8 Å². The van der Waals surface area contributed by atoms with Crippen molar-refractivity contribution in [1.29, 1.82) is 0 Å². The second-order valence-corrected chi connectivity index (χ2v) is 6.65. The fourth-order valence-corrected chi connectivity index (χ4v) is 2.42. The van der Waals surface area contributed by atoms with Gasteiger partial charge in [-0.15, -0.1) is 0 Å². The van der Waals surface area contributed by atoms with Gasteiger partial charge >= 0.3 is 0 Å². The zero-order valence-corrected chi connectivity index (χ0v) is 16.2. The maximum Gasteiger partial charge on any atom is 0.262 e. The molecule has 0 aliphatic heterocycles. The monoisotopic (exact) mass is 387 g/mol. The first kappa shape index (κ1) is 20.5. The first-order valence-corrected chi connectivity index (χ1v) is 8.82. The molecule has 27 heavy (non-hydrogen) atoms. The number of methoxy groups -OCH3 is 1. The Morgan fingerprint density at radius 1 is 1.07 bits per heavy atom. The Hall–Kier alpha value is -2.86. The SMILES string of the molecule is COc1ccc(/C=N/NC(=O)C(NC(=O)c2ccc(Cl)cc2)C(C)C)cc1. The zero-order valence-electron chi connectivity index (χ0n) is 15.4. The van der Waals surface area contributed by atoms with Crippen molar-refractivity contribution >= 4 is 29.6 Å². The van der Waals surface area contributed by atoms with Crippen LogP contribution in [-0.2, 0) is 4.79 Å². The smallest absolute Gasteiger partial charge is 0.262 e. The highest BCUT2D eigenvalue weighted by Gasteiger charge is 2.24. The molecule has 2 N–H and O–H groups in total. The Morgan fingerprint density at radius 3 is 2.26 bits per heavy atom. The van der Waals surface area contributed by atoms with E-state index < -0.39 is 11.9 Å². The summed E-state index contributed by atoms with van der Waals surface area (Å²) in [4.78, 5) is 24.8. The Balaban J connectivity index is 1.98. The Labute approximate surface area is 163 Å². The number of benzene rings is 2. The molecule has 0 aliphatic rings. The number of carbonyl (C=O) groups excluding carboxylic acids is 2. The molecule has 2 aromatic rings. The normalized spacial score (nSPS) is 12.0. The lowest BCUT2D eigenvalue weighted by Crippen LogP contribution is -2.48. The third-order valence-electron chi connectivity index (χ3n) is 3.85. The average Bonchev–Trinajstić information content (AvgIpc) is 2.66. The third-order valence-corrected chi connectivity index (χ3v) is 4.10. The lowest BCUT2D eigenvalue weighted by molar-refractivity contribution is -0.123. The molecule has 0 radical (unpaired) electrons. The Kier molecular flexibility index (Phi) is 7.37. The van der Waals surface area contributed by atoms with E-state index in [1.54, 1.807) is 43.5 Å². The second-order valence-electron chi connectivity index (χ2n) is 6.21. The highest BCUT2D eigenvalue weighted by molar-refractivity contribution is 6.30. The van der Waals surface area contributed by atoms with Crippen molar-refractivity contribution < 1.29 is 14.3 Å². The second kappa shape index (κ2) is 9.73. The summed E-state index contributed by atoms with van der Waals surface area (Å²) in [7, 11) is 1.59. The molecule has 0 heterocycles. The summed E-state index contributed by atoms with van der Waals surface area (Å²) in [5.74, 6) is -0.116. The molecule has 1 unspecified atom stereocenters. The van der Waals surface area contributed by atoms with E-state index in [2.05, 4.69) is 15.8 Å². The average molecular weight is 388 g/mol. The van der Waals surface area contributed by atoms with E-state index in [4.69, 9.17) is 16.3 Å². The van der Waals surface area contributed by atoms with E-state index in [0.29, 0.717) is 10.6 Å². The van der Waals surface area contributed by atoms with E-state index in [9.17, 15) is 9.59 Å². The summed E-state index contributed by atoms with van der Waals surface area (Å²) < 4.78 is 5.09. The van der Waals surface area contributed by atoms with Crippen LogP contribution in [0.4, 0.5) is 0 Å². The van der Waals surface area contributed by atoms with Crippen LogP contribution in [0.2, 0.25) is 5.02 Å². The van der Waals surface area contributed by atoms with Gasteiger partial charge in [-0.2, -0.15) is 5.10 Å². The van der Waals surface area contributed by atoms with Gasteiger partial charge < -0.3 is 10.1 Å². The highest BCUT2D eigenvalue weighted by atomic mass is 35.5. The largest absolute Gasteiger partial charge is 0.497 e. The molecule has 2 aromatic carbocycles. The van der Waals surface area contributed by atoms with Gasteiger partial charge in [-0.3, -0.25) is 9.59 Å². The Bertz CT molecular complexity index is 802. The summed E-state index contributed by atoms with van der Waals surface area (Å²) in [6.45, 7) is 3.69. The number of hydrogen-bond donors (Lipinski definition) is 2. The molecular weight excluding hydrogens is 366 g/mol. The summed E-state index contributed by atoms with van der Waals surface area (Å²) in [6.07, 6.45) is 1.52. The standard InChI is InChI=1S/C20H22ClN3O3/c1-13(2)18(23-19(25)15-6-8-16(21)9-7-15)20(26)24-22-12-14-4-10-17(27-3)11-5-14/h4-13,18H,1-3H3,(H,23,25)(H,24,26)/b22-12+. The molecule has 7 heteroatoms. The van der Waals surface area contributed by atoms with Gasteiger partial charge in [0.2, 0.25) is 0 Å². The molecule has 6 nitrogen and oxygen atoms in total. The van der Waals surface area contributed by atoms with Crippen LogP contribution < -0.4 is 15.5 Å². The molecule has 0 aliphatic carbocycles. The van der Waals surface area contributed by atoms with Gasteiger partial charge in [0.1, 0.15) is 11.8 Å². The van der Waals surface area contributed by atoms with Gasteiger partial charge in [-0.25, -0.2) is 5.43 Å². The van der Waals surface area contributed by atoms with Crippen LogP contribution in [0.25, 0.3) is 0 Å². The number of rotatable bonds is 7. The van der Waals surface area contributed by atoms with Crippen molar-refractivity contribution in [2.24, 2.45) is 11.0 Å². The van der Waals surface area contributed by atoms with Crippen LogP contribution in [0.1, 0.15) is 29.8 Å². The molecule has 0 saturated heterocycles. The minimum atomic E-state index is -0.721. The van der Waals surface area contributed by atoms with Crippen molar-refractivity contribution in [3.05, 3.63) is 64.7 Å².